The maximum atomic E-state index is 10.6. The quantitative estimate of drug-likeness (QED) is 0.596. The van der Waals surface area contributed by atoms with Gasteiger partial charge in [0, 0.05) is 0 Å². The Labute approximate surface area is 77.3 Å². The maximum Gasteiger partial charge on any atom is 0.326 e. The first-order valence-corrected chi connectivity index (χ1v) is 4.61. The van der Waals surface area contributed by atoms with Crippen molar-refractivity contribution in [2.24, 2.45) is 11.8 Å². The number of carboxylic acid groups (broad SMARTS) is 1. The van der Waals surface area contributed by atoms with E-state index < -0.39 is 12.0 Å². The standard InChI is InChI=1S/C9H15NO3/c1-2-6-3-7(6)4-8(9(12)13)10-5-11/h5-8H,2-4H2,1H3,(H,10,11)(H,12,13)/t6-,7+,8?/m1/s1. The van der Waals surface area contributed by atoms with Crippen molar-refractivity contribution in [1.82, 2.24) is 5.32 Å². The number of carbonyl (C=O) groups excluding carboxylic acids is 1. The molecule has 74 valence electrons. The smallest absolute Gasteiger partial charge is 0.326 e. The number of aliphatic carboxylic acids is 1. The molecular formula is C9H15NO3. The first kappa shape index (κ1) is 10.0. The van der Waals surface area contributed by atoms with Gasteiger partial charge in [0.05, 0.1) is 0 Å². The molecule has 1 unspecified atom stereocenters. The maximum absolute atomic E-state index is 10.6. The Bertz CT molecular complexity index is 205. The van der Waals surface area contributed by atoms with E-state index >= 15 is 0 Å². The van der Waals surface area contributed by atoms with E-state index in [-0.39, 0.29) is 0 Å². The molecule has 1 saturated carbocycles. The lowest BCUT2D eigenvalue weighted by atomic mass is 10.1. The minimum Gasteiger partial charge on any atom is -0.480 e. The summed E-state index contributed by atoms with van der Waals surface area (Å²) in [6.45, 7) is 2.10. The lowest BCUT2D eigenvalue weighted by Gasteiger charge is -2.09. The zero-order valence-corrected chi connectivity index (χ0v) is 7.69. The zero-order chi connectivity index (χ0) is 9.84. The summed E-state index contributed by atoms with van der Waals surface area (Å²) in [7, 11) is 0. The third-order valence-corrected chi connectivity index (χ3v) is 2.70. The van der Waals surface area contributed by atoms with Crippen LogP contribution < -0.4 is 5.32 Å². The van der Waals surface area contributed by atoms with Gasteiger partial charge < -0.3 is 10.4 Å². The van der Waals surface area contributed by atoms with Crippen LogP contribution in [0.4, 0.5) is 0 Å². The molecule has 0 bridgehead atoms. The molecule has 2 N–H and O–H groups in total. The van der Waals surface area contributed by atoms with Crippen LogP contribution in [0, 0.1) is 11.8 Å². The van der Waals surface area contributed by atoms with Crippen molar-refractivity contribution in [3.8, 4) is 0 Å². The summed E-state index contributed by atoms with van der Waals surface area (Å²) < 4.78 is 0. The Morgan fingerprint density at radius 3 is 2.77 bits per heavy atom. The second-order valence-corrected chi connectivity index (χ2v) is 3.58. The predicted molar refractivity (Wildman–Crippen MR) is 47.1 cm³/mol. The van der Waals surface area contributed by atoms with Crippen molar-refractivity contribution in [3.63, 3.8) is 0 Å². The van der Waals surface area contributed by atoms with Crippen molar-refractivity contribution in [3.05, 3.63) is 0 Å². The minimum absolute atomic E-state index is 0.460. The van der Waals surface area contributed by atoms with Gasteiger partial charge in [-0.15, -0.1) is 0 Å². The van der Waals surface area contributed by atoms with Crippen LogP contribution in [0.5, 0.6) is 0 Å². The Hall–Kier alpha value is -1.06. The molecule has 0 aromatic carbocycles. The molecule has 13 heavy (non-hydrogen) atoms. The number of carbonyl (C=O) groups is 2. The van der Waals surface area contributed by atoms with Gasteiger partial charge in [0.25, 0.3) is 0 Å². The van der Waals surface area contributed by atoms with Gasteiger partial charge in [0.1, 0.15) is 6.04 Å². The van der Waals surface area contributed by atoms with E-state index in [4.69, 9.17) is 5.11 Å². The van der Waals surface area contributed by atoms with Crippen molar-refractivity contribution >= 4 is 12.4 Å². The SMILES string of the molecule is CC[C@@H]1C[C@H]1CC(NC=O)C(=O)O. The third-order valence-electron chi connectivity index (χ3n) is 2.70. The van der Waals surface area contributed by atoms with Crippen molar-refractivity contribution in [2.45, 2.75) is 32.2 Å². The molecular weight excluding hydrogens is 170 g/mol. The van der Waals surface area contributed by atoms with Crippen LogP contribution in [0.15, 0.2) is 0 Å². The van der Waals surface area contributed by atoms with Crippen LogP contribution in [0.3, 0.4) is 0 Å². The number of hydrogen-bond acceptors (Lipinski definition) is 2. The number of carboxylic acids is 1. The normalized spacial score (nSPS) is 27.8. The van der Waals surface area contributed by atoms with Gasteiger partial charge >= 0.3 is 5.97 Å². The molecule has 0 aliphatic heterocycles. The summed E-state index contributed by atoms with van der Waals surface area (Å²) in [4.78, 5) is 20.7. The Kier molecular flexibility index (Phi) is 3.28. The third kappa shape index (κ3) is 2.72. The molecule has 0 saturated heterocycles. The summed E-state index contributed by atoms with van der Waals surface area (Å²) in [6.07, 6.45) is 3.26. The molecule has 0 radical (unpaired) electrons. The van der Waals surface area contributed by atoms with Gasteiger partial charge in [0.15, 0.2) is 0 Å². The summed E-state index contributed by atoms with van der Waals surface area (Å²) >= 11 is 0. The van der Waals surface area contributed by atoms with Gasteiger partial charge in [0.2, 0.25) is 6.41 Å². The molecule has 1 rings (SSSR count). The lowest BCUT2D eigenvalue weighted by molar-refractivity contribution is -0.140. The number of rotatable bonds is 6. The lowest BCUT2D eigenvalue weighted by Crippen LogP contribution is -2.36. The summed E-state index contributed by atoms with van der Waals surface area (Å²) in [5.41, 5.74) is 0. The zero-order valence-electron chi connectivity index (χ0n) is 7.69. The summed E-state index contributed by atoms with van der Waals surface area (Å²) in [5, 5.41) is 11.0. The molecule has 1 amide bonds. The summed E-state index contributed by atoms with van der Waals surface area (Å²) in [5.74, 6) is 0.239. The monoisotopic (exact) mass is 185 g/mol. The van der Waals surface area contributed by atoms with Crippen molar-refractivity contribution in [2.75, 3.05) is 0 Å². The van der Waals surface area contributed by atoms with Crippen LogP contribution in [0.25, 0.3) is 0 Å². The molecule has 3 atom stereocenters. The fraction of sp³-hybridized carbons (Fsp3) is 0.778. The average Bonchev–Trinajstić information content (AvgIpc) is 2.82. The highest BCUT2D eigenvalue weighted by Gasteiger charge is 2.38. The Morgan fingerprint density at radius 2 is 2.38 bits per heavy atom. The van der Waals surface area contributed by atoms with E-state index in [0.717, 1.165) is 12.8 Å². The molecule has 0 spiro atoms. The number of nitrogens with one attached hydrogen (secondary N) is 1. The first-order chi connectivity index (χ1) is 6.19. The van der Waals surface area contributed by atoms with Crippen molar-refractivity contribution < 1.29 is 14.7 Å². The van der Waals surface area contributed by atoms with Crippen LogP contribution in [-0.2, 0) is 9.59 Å². The topological polar surface area (TPSA) is 66.4 Å². The second kappa shape index (κ2) is 4.25. The molecule has 0 heterocycles. The molecule has 1 aliphatic carbocycles. The highest BCUT2D eigenvalue weighted by atomic mass is 16.4. The second-order valence-electron chi connectivity index (χ2n) is 3.58. The van der Waals surface area contributed by atoms with E-state index in [1.54, 1.807) is 0 Å². The fourth-order valence-electron chi connectivity index (χ4n) is 1.72. The van der Waals surface area contributed by atoms with E-state index in [2.05, 4.69) is 12.2 Å². The van der Waals surface area contributed by atoms with Crippen LogP contribution >= 0.6 is 0 Å². The van der Waals surface area contributed by atoms with Gasteiger partial charge in [-0.05, 0) is 24.7 Å². The van der Waals surface area contributed by atoms with Crippen molar-refractivity contribution in [1.29, 1.82) is 0 Å². The van der Waals surface area contributed by atoms with Gasteiger partial charge in [-0.2, -0.15) is 0 Å². The largest absolute Gasteiger partial charge is 0.480 e. The van der Waals surface area contributed by atoms with E-state index in [9.17, 15) is 9.59 Å². The van der Waals surface area contributed by atoms with Gasteiger partial charge in [-0.3, -0.25) is 4.79 Å². The van der Waals surface area contributed by atoms with Crippen LogP contribution in [-0.4, -0.2) is 23.5 Å². The van der Waals surface area contributed by atoms with Gasteiger partial charge in [-0.25, -0.2) is 4.79 Å². The number of hydrogen-bond donors (Lipinski definition) is 2. The molecule has 0 aromatic heterocycles. The molecule has 1 fully saturated rings. The van der Waals surface area contributed by atoms with E-state index in [1.165, 1.54) is 0 Å². The molecule has 4 nitrogen and oxygen atoms in total. The summed E-state index contributed by atoms with van der Waals surface area (Å²) in [6, 6.07) is -0.695. The molecule has 1 aliphatic rings. The van der Waals surface area contributed by atoms with E-state index in [1.807, 2.05) is 0 Å². The van der Waals surface area contributed by atoms with Crippen LogP contribution in [0.2, 0.25) is 0 Å². The van der Waals surface area contributed by atoms with Gasteiger partial charge in [-0.1, -0.05) is 13.3 Å². The minimum atomic E-state index is -0.936. The highest BCUT2D eigenvalue weighted by Crippen LogP contribution is 2.44. The molecule has 4 heteroatoms. The predicted octanol–water partition coefficient (Wildman–Crippen LogP) is 0.622. The van der Waals surface area contributed by atoms with Crippen LogP contribution in [0.1, 0.15) is 26.2 Å². The Morgan fingerprint density at radius 1 is 1.69 bits per heavy atom. The fourth-order valence-corrected chi connectivity index (χ4v) is 1.72. The molecule has 0 aromatic rings. The van der Waals surface area contributed by atoms with E-state index in [0.29, 0.717) is 24.7 Å². The highest BCUT2D eigenvalue weighted by molar-refractivity contribution is 5.76. The average molecular weight is 185 g/mol. The number of amides is 1. The first-order valence-electron chi connectivity index (χ1n) is 4.61. The Balaban J connectivity index is 2.31.